The molecule has 0 aromatic carbocycles. The van der Waals surface area contributed by atoms with Crippen LogP contribution >= 0.6 is 0 Å². The Morgan fingerprint density at radius 1 is 1.23 bits per heavy atom. The average Bonchev–Trinajstić information content (AvgIpc) is 1.95. The summed E-state index contributed by atoms with van der Waals surface area (Å²) in [6.45, 7) is 9.84. The molecular formula is C11H26N2. The van der Waals surface area contributed by atoms with Gasteiger partial charge in [0.15, 0.2) is 0 Å². The van der Waals surface area contributed by atoms with Gasteiger partial charge in [0.1, 0.15) is 0 Å². The summed E-state index contributed by atoms with van der Waals surface area (Å²) in [4.78, 5) is 2.38. The molecule has 0 saturated carbocycles. The van der Waals surface area contributed by atoms with Crippen LogP contribution in [-0.4, -0.2) is 30.1 Å². The lowest BCUT2D eigenvalue weighted by molar-refractivity contribution is 0.264. The van der Waals surface area contributed by atoms with Crippen LogP contribution in [0.4, 0.5) is 0 Å². The molecule has 0 atom stereocenters. The number of nitrogens with two attached hydrogens (primary N) is 1. The van der Waals surface area contributed by atoms with Crippen molar-refractivity contribution < 1.29 is 0 Å². The van der Waals surface area contributed by atoms with E-state index < -0.39 is 0 Å². The van der Waals surface area contributed by atoms with Gasteiger partial charge in [0.25, 0.3) is 0 Å². The first-order chi connectivity index (χ1) is 5.83. The monoisotopic (exact) mass is 186 g/mol. The van der Waals surface area contributed by atoms with E-state index in [0.29, 0.717) is 6.04 Å². The maximum Gasteiger partial charge on any atom is 0.00970 e. The SMILES string of the molecule is CC(C)N(C)CCCCC(C)(C)N. The Morgan fingerprint density at radius 3 is 2.15 bits per heavy atom. The van der Waals surface area contributed by atoms with Crippen LogP contribution in [0.15, 0.2) is 0 Å². The van der Waals surface area contributed by atoms with Crippen molar-refractivity contribution in [1.29, 1.82) is 0 Å². The van der Waals surface area contributed by atoms with Crippen LogP contribution in [0.3, 0.4) is 0 Å². The van der Waals surface area contributed by atoms with Crippen molar-refractivity contribution in [3.05, 3.63) is 0 Å². The molecule has 0 heterocycles. The number of hydrogen-bond donors (Lipinski definition) is 1. The summed E-state index contributed by atoms with van der Waals surface area (Å²) in [5.41, 5.74) is 5.91. The molecule has 0 unspecified atom stereocenters. The minimum absolute atomic E-state index is 0.0103. The Morgan fingerprint density at radius 2 is 1.77 bits per heavy atom. The second kappa shape index (κ2) is 5.61. The fourth-order valence-corrected chi connectivity index (χ4v) is 1.20. The topological polar surface area (TPSA) is 29.3 Å². The molecule has 0 aliphatic rings. The van der Waals surface area contributed by atoms with Gasteiger partial charge in [0.05, 0.1) is 0 Å². The molecule has 0 aliphatic heterocycles. The first kappa shape index (κ1) is 12.9. The van der Waals surface area contributed by atoms with Crippen LogP contribution in [0, 0.1) is 0 Å². The molecule has 0 spiro atoms. The highest BCUT2D eigenvalue weighted by Gasteiger charge is 2.10. The summed E-state index contributed by atoms with van der Waals surface area (Å²) in [5.74, 6) is 0. The predicted octanol–water partition coefficient (Wildman–Crippen LogP) is 2.23. The van der Waals surface area contributed by atoms with E-state index in [1.807, 2.05) is 0 Å². The lowest BCUT2D eigenvalue weighted by atomic mass is 9.99. The van der Waals surface area contributed by atoms with Gasteiger partial charge in [-0.15, -0.1) is 0 Å². The molecule has 0 aliphatic carbocycles. The van der Waals surface area contributed by atoms with Crippen LogP contribution in [0.5, 0.6) is 0 Å². The molecule has 2 heteroatoms. The van der Waals surface area contributed by atoms with Crippen LogP contribution in [-0.2, 0) is 0 Å². The molecule has 2 N–H and O–H groups in total. The van der Waals surface area contributed by atoms with E-state index in [1.165, 1.54) is 19.4 Å². The predicted molar refractivity (Wildman–Crippen MR) is 59.9 cm³/mol. The molecule has 13 heavy (non-hydrogen) atoms. The van der Waals surface area contributed by atoms with Crippen molar-refractivity contribution in [2.45, 2.75) is 58.5 Å². The van der Waals surface area contributed by atoms with Crippen molar-refractivity contribution in [3.8, 4) is 0 Å². The van der Waals surface area contributed by atoms with Crippen LogP contribution in [0.2, 0.25) is 0 Å². The summed E-state index contributed by atoms with van der Waals surface area (Å²) in [5, 5.41) is 0. The molecule has 0 aromatic rings. The molecular weight excluding hydrogens is 160 g/mol. The molecule has 0 bridgehead atoms. The van der Waals surface area contributed by atoms with Gasteiger partial charge < -0.3 is 10.6 Å². The standard InChI is InChI=1S/C11H26N2/c1-10(2)13(5)9-7-6-8-11(3,4)12/h10H,6-9,12H2,1-5H3. The Balaban J connectivity index is 3.36. The van der Waals surface area contributed by atoms with Gasteiger partial charge in [-0.05, 0) is 54.1 Å². The highest BCUT2D eigenvalue weighted by Crippen LogP contribution is 2.09. The minimum atomic E-state index is 0.0103. The molecule has 0 radical (unpaired) electrons. The molecule has 2 nitrogen and oxygen atoms in total. The van der Waals surface area contributed by atoms with E-state index in [4.69, 9.17) is 5.73 Å². The quantitative estimate of drug-likeness (QED) is 0.645. The summed E-state index contributed by atoms with van der Waals surface area (Å²) in [6, 6.07) is 0.658. The Hall–Kier alpha value is -0.0800. The second-order valence-electron chi connectivity index (χ2n) is 5.02. The van der Waals surface area contributed by atoms with E-state index in [1.54, 1.807) is 0 Å². The Kier molecular flexibility index (Phi) is 5.57. The summed E-state index contributed by atoms with van der Waals surface area (Å²) in [6.07, 6.45) is 3.62. The summed E-state index contributed by atoms with van der Waals surface area (Å²) >= 11 is 0. The van der Waals surface area contributed by atoms with Gasteiger partial charge in [-0.25, -0.2) is 0 Å². The molecule has 0 rings (SSSR count). The lowest BCUT2D eigenvalue weighted by Gasteiger charge is -2.22. The summed E-state index contributed by atoms with van der Waals surface area (Å²) in [7, 11) is 2.18. The van der Waals surface area contributed by atoms with Crippen LogP contribution < -0.4 is 5.73 Å². The Bertz CT molecular complexity index is 125. The third-order valence-electron chi connectivity index (χ3n) is 2.46. The largest absolute Gasteiger partial charge is 0.326 e. The van der Waals surface area contributed by atoms with Crippen molar-refractivity contribution in [2.24, 2.45) is 5.73 Å². The normalized spacial score (nSPS) is 12.9. The van der Waals surface area contributed by atoms with E-state index in [0.717, 1.165) is 6.42 Å². The lowest BCUT2D eigenvalue weighted by Crippen LogP contribution is -2.32. The van der Waals surface area contributed by atoms with Crippen LogP contribution in [0.25, 0.3) is 0 Å². The first-order valence-electron chi connectivity index (χ1n) is 5.32. The van der Waals surface area contributed by atoms with Crippen molar-refractivity contribution in [1.82, 2.24) is 4.90 Å². The van der Waals surface area contributed by atoms with Crippen molar-refractivity contribution in [3.63, 3.8) is 0 Å². The fourth-order valence-electron chi connectivity index (χ4n) is 1.20. The molecule has 0 fully saturated rings. The zero-order valence-electron chi connectivity index (χ0n) is 9.93. The second-order valence-corrected chi connectivity index (χ2v) is 5.02. The van der Waals surface area contributed by atoms with Crippen molar-refractivity contribution >= 4 is 0 Å². The molecule has 0 amide bonds. The van der Waals surface area contributed by atoms with E-state index in [9.17, 15) is 0 Å². The number of hydrogen-bond acceptors (Lipinski definition) is 2. The zero-order valence-corrected chi connectivity index (χ0v) is 9.93. The van der Waals surface area contributed by atoms with Gasteiger partial charge in [0.2, 0.25) is 0 Å². The Labute approximate surface area is 83.5 Å². The van der Waals surface area contributed by atoms with Crippen molar-refractivity contribution in [2.75, 3.05) is 13.6 Å². The molecule has 0 saturated heterocycles. The first-order valence-corrected chi connectivity index (χ1v) is 5.32. The van der Waals surface area contributed by atoms with Crippen LogP contribution in [0.1, 0.15) is 47.0 Å². The highest BCUT2D eigenvalue weighted by atomic mass is 15.1. The third-order valence-corrected chi connectivity index (χ3v) is 2.46. The zero-order chi connectivity index (χ0) is 10.5. The third kappa shape index (κ3) is 8.26. The molecule has 0 aromatic heterocycles. The average molecular weight is 186 g/mol. The van der Waals surface area contributed by atoms with Gasteiger partial charge in [-0.1, -0.05) is 6.42 Å². The smallest absolute Gasteiger partial charge is 0.00970 e. The van der Waals surface area contributed by atoms with Gasteiger partial charge in [0, 0.05) is 11.6 Å². The van der Waals surface area contributed by atoms with Gasteiger partial charge >= 0.3 is 0 Å². The fraction of sp³-hybridized carbons (Fsp3) is 1.00. The number of rotatable bonds is 6. The molecule has 80 valence electrons. The number of nitrogens with zero attached hydrogens (tertiary/aromatic N) is 1. The maximum atomic E-state index is 5.90. The van der Waals surface area contributed by atoms with E-state index in [2.05, 4.69) is 39.6 Å². The summed E-state index contributed by atoms with van der Waals surface area (Å²) < 4.78 is 0. The van der Waals surface area contributed by atoms with Gasteiger partial charge in [-0.2, -0.15) is 0 Å². The van der Waals surface area contributed by atoms with E-state index in [-0.39, 0.29) is 5.54 Å². The minimum Gasteiger partial charge on any atom is -0.326 e. The number of unbranched alkanes of at least 4 members (excludes halogenated alkanes) is 1. The maximum absolute atomic E-state index is 5.90. The highest BCUT2D eigenvalue weighted by molar-refractivity contribution is 4.71. The van der Waals surface area contributed by atoms with Gasteiger partial charge in [-0.3, -0.25) is 0 Å². The van der Waals surface area contributed by atoms with E-state index >= 15 is 0 Å².